The van der Waals surface area contributed by atoms with Gasteiger partial charge in [-0.1, -0.05) is 123 Å². The Morgan fingerprint density at radius 2 is 1.05 bits per heavy atom. The van der Waals surface area contributed by atoms with Crippen molar-refractivity contribution in [2.75, 3.05) is 14.7 Å². The van der Waals surface area contributed by atoms with Gasteiger partial charge in [0.15, 0.2) is 0 Å². The molecule has 0 spiro atoms. The van der Waals surface area contributed by atoms with Crippen molar-refractivity contribution in [1.82, 2.24) is 0 Å². The maximum atomic E-state index is 2.86. The molecule has 4 aliphatic heterocycles. The van der Waals surface area contributed by atoms with E-state index in [2.05, 4.69) is 202 Å². The summed E-state index contributed by atoms with van der Waals surface area (Å²) in [4.78, 5) is 8.26. The van der Waals surface area contributed by atoms with E-state index in [0.29, 0.717) is 0 Å². The molecule has 0 saturated heterocycles. The number of para-hydroxylation sites is 2. The molecule has 4 atom stereocenters. The average Bonchev–Trinajstić information content (AvgIpc) is 3.61. The first-order valence-electron chi connectivity index (χ1n) is 22.2. The second-order valence-corrected chi connectivity index (χ2v) is 19.6. The largest absolute Gasteiger partial charge is 0.331 e. The molecule has 0 fully saturated rings. The number of hydrogen-bond acceptors (Lipinski definition) is 3. The summed E-state index contributed by atoms with van der Waals surface area (Å²) in [6, 6.07) is 56.9. The lowest BCUT2D eigenvalue weighted by molar-refractivity contribution is 0.244. The minimum Gasteiger partial charge on any atom is -0.331 e. The molecule has 60 heavy (non-hydrogen) atoms. The number of anilines is 7. The highest BCUT2D eigenvalue weighted by Gasteiger charge is 2.64. The Balaban J connectivity index is 1.19. The van der Waals surface area contributed by atoms with Gasteiger partial charge in [-0.2, -0.15) is 0 Å². The van der Waals surface area contributed by atoms with Crippen LogP contribution in [0.4, 0.5) is 39.8 Å². The Kier molecular flexibility index (Phi) is 6.63. The Morgan fingerprint density at radius 1 is 0.450 bits per heavy atom. The van der Waals surface area contributed by atoms with Crippen molar-refractivity contribution in [2.24, 2.45) is 0 Å². The predicted octanol–water partition coefficient (Wildman–Crippen LogP) is 11.5. The average molecular weight is 776 g/mol. The first-order valence-corrected chi connectivity index (χ1v) is 22.2. The van der Waals surface area contributed by atoms with Gasteiger partial charge < -0.3 is 14.7 Å². The molecule has 6 aliphatic rings. The first-order chi connectivity index (χ1) is 29.1. The third-order valence-corrected chi connectivity index (χ3v) is 17.0. The molecular formula is C56H50BN3. The summed E-state index contributed by atoms with van der Waals surface area (Å²) >= 11 is 0. The Hall–Kier alpha value is -6.00. The van der Waals surface area contributed by atoms with Crippen LogP contribution < -0.4 is 31.1 Å². The third kappa shape index (κ3) is 3.91. The van der Waals surface area contributed by atoms with Gasteiger partial charge >= 0.3 is 0 Å². The smallest absolute Gasteiger partial charge is 0.252 e. The first kappa shape index (κ1) is 34.8. The highest BCUT2D eigenvalue weighted by molar-refractivity contribution is 7.00. The molecule has 2 aliphatic carbocycles. The second kappa shape index (κ2) is 11.4. The monoisotopic (exact) mass is 775 g/mol. The van der Waals surface area contributed by atoms with Crippen LogP contribution in [0.1, 0.15) is 85.0 Å². The van der Waals surface area contributed by atoms with E-state index in [1.807, 2.05) is 0 Å². The molecule has 4 heterocycles. The van der Waals surface area contributed by atoms with Gasteiger partial charge in [0.05, 0.1) is 11.1 Å². The molecule has 0 saturated carbocycles. The van der Waals surface area contributed by atoms with Gasteiger partial charge in [0.1, 0.15) is 0 Å². The third-order valence-electron chi connectivity index (χ3n) is 17.0. The fourth-order valence-corrected chi connectivity index (χ4v) is 13.8. The molecule has 0 amide bonds. The molecular weight excluding hydrogens is 725 g/mol. The van der Waals surface area contributed by atoms with E-state index < -0.39 is 0 Å². The van der Waals surface area contributed by atoms with Crippen molar-refractivity contribution in [1.29, 1.82) is 0 Å². The van der Waals surface area contributed by atoms with Gasteiger partial charge in [-0.25, -0.2) is 0 Å². The van der Waals surface area contributed by atoms with Gasteiger partial charge in [0, 0.05) is 50.6 Å². The molecule has 292 valence electrons. The van der Waals surface area contributed by atoms with Gasteiger partial charge in [0.2, 0.25) is 0 Å². The number of nitrogens with zero attached hydrogens (tertiary/aromatic N) is 3. The fraction of sp³-hybridized carbons (Fsp3) is 0.250. The fourth-order valence-electron chi connectivity index (χ4n) is 13.8. The van der Waals surface area contributed by atoms with E-state index in [-0.39, 0.29) is 28.6 Å². The Bertz CT molecular complexity index is 3040. The van der Waals surface area contributed by atoms with Gasteiger partial charge in [0.25, 0.3) is 6.71 Å². The topological polar surface area (TPSA) is 9.72 Å². The summed E-state index contributed by atoms with van der Waals surface area (Å²) in [5.41, 5.74) is 23.9. The quantitative estimate of drug-likeness (QED) is 0.162. The molecule has 0 radical (unpaired) electrons. The molecule has 0 aromatic heterocycles. The summed E-state index contributed by atoms with van der Waals surface area (Å²) in [5, 5.41) is 0. The molecule has 7 aromatic rings. The number of aryl methyl sites for hydroxylation is 4. The lowest BCUT2D eigenvalue weighted by Crippen LogP contribution is -2.64. The van der Waals surface area contributed by atoms with Crippen molar-refractivity contribution in [2.45, 2.75) is 89.1 Å². The van der Waals surface area contributed by atoms with Crippen LogP contribution in [0.5, 0.6) is 0 Å². The summed E-state index contributed by atoms with van der Waals surface area (Å²) in [5.74, 6) is 0. The lowest BCUT2D eigenvalue weighted by Gasteiger charge is -2.54. The zero-order valence-electron chi connectivity index (χ0n) is 35.6. The molecule has 0 bridgehead atoms. The Labute approximate surface area is 355 Å². The van der Waals surface area contributed by atoms with Crippen molar-refractivity contribution in [3.63, 3.8) is 0 Å². The van der Waals surface area contributed by atoms with Crippen molar-refractivity contribution in [3.05, 3.63) is 190 Å². The zero-order valence-corrected chi connectivity index (χ0v) is 35.6. The van der Waals surface area contributed by atoms with Crippen LogP contribution in [0.15, 0.2) is 146 Å². The molecule has 4 heteroatoms. The normalized spacial score (nSPS) is 25.7. The highest BCUT2D eigenvalue weighted by atomic mass is 15.3. The minimum atomic E-state index is -0.318. The summed E-state index contributed by atoms with van der Waals surface area (Å²) < 4.78 is 0. The molecule has 4 unspecified atom stereocenters. The summed E-state index contributed by atoms with van der Waals surface area (Å²) in [6.45, 7) is 14.8. The second-order valence-electron chi connectivity index (χ2n) is 19.6. The van der Waals surface area contributed by atoms with Gasteiger partial charge in [-0.05, 0) is 151 Å². The maximum absolute atomic E-state index is 2.86. The zero-order chi connectivity index (χ0) is 40.5. The molecule has 13 rings (SSSR count). The van der Waals surface area contributed by atoms with E-state index in [1.165, 1.54) is 101 Å². The minimum absolute atomic E-state index is 0.0895. The van der Waals surface area contributed by atoms with E-state index in [9.17, 15) is 0 Å². The van der Waals surface area contributed by atoms with E-state index in [1.54, 1.807) is 0 Å². The number of benzene rings is 7. The summed E-state index contributed by atoms with van der Waals surface area (Å²) in [7, 11) is 0. The predicted molar refractivity (Wildman–Crippen MR) is 251 cm³/mol. The van der Waals surface area contributed by atoms with Crippen LogP contribution in [0.2, 0.25) is 0 Å². The Morgan fingerprint density at radius 3 is 1.78 bits per heavy atom. The van der Waals surface area contributed by atoms with Gasteiger partial charge in [-0.15, -0.1) is 0 Å². The maximum Gasteiger partial charge on any atom is 0.252 e. The van der Waals surface area contributed by atoms with Crippen LogP contribution in [-0.4, -0.2) is 6.71 Å². The molecule has 3 nitrogen and oxygen atoms in total. The highest BCUT2D eigenvalue weighted by Crippen LogP contribution is 2.67. The molecule has 0 N–H and O–H groups in total. The number of rotatable bonds is 2. The number of fused-ring (bicyclic) bond motifs is 14. The van der Waals surface area contributed by atoms with E-state index >= 15 is 0 Å². The lowest BCUT2D eigenvalue weighted by atomic mass is 9.33. The molecule has 7 aromatic carbocycles. The van der Waals surface area contributed by atoms with Crippen LogP contribution in [0, 0.1) is 13.8 Å². The van der Waals surface area contributed by atoms with Crippen LogP contribution in [-0.2, 0) is 34.7 Å². The van der Waals surface area contributed by atoms with Crippen molar-refractivity contribution >= 4 is 62.9 Å². The van der Waals surface area contributed by atoms with Crippen LogP contribution >= 0.6 is 0 Å². The number of hydrogen-bond donors (Lipinski definition) is 0. The summed E-state index contributed by atoms with van der Waals surface area (Å²) in [6.07, 6.45) is 4.39. The SMILES string of the molecule is Cc1cccc(N2c3cc(C)ccc3B3c4cccc5c4N(c4cc(N6c7ccccc7C7(C)CCc8ccccc8C67C)cc2c43)C2(C)c3ccccc3CCC52C)c1. The van der Waals surface area contributed by atoms with Crippen LogP contribution in [0.3, 0.4) is 0 Å². The van der Waals surface area contributed by atoms with E-state index in [0.717, 1.165) is 25.7 Å². The van der Waals surface area contributed by atoms with Crippen LogP contribution in [0.25, 0.3) is 0 Å². The van der Waals surface area contributed by atoms with Crippen molar-refractivity contribution < 1.29 is 0 Å². The van der Waals surface area contributed by atoms with E-state index in [4.69, 9.17) is 0 Å². The standard InChI is InChI=1S/C56H50BN3/c1-35-15-13-18-39(31-35)58-48-32-36(2)25-26-45(48)57-46-23-14-22-44-52(46)60(56(6)42-20-10-8-17-38(42)28-30-54(44,56)4)50-34-40(33-49(58)51(50)57)59-47-24-12-11-21-43(47)53(3)29-27-37-16-7-9-19-41(37)55(53,59)5/h7-26,31-34H,27-30H2,1-6H3. The van der Waals surface area contributed by atoms with Gasteiger partial charge in [-0.3, -0.25) is 0 Å². The van der Waals surface area contributed by atoms with Crippen molar-refractivity contribution in [3.8, 4) is 0 Å².